The molecule has 0 aliphatic rings. The normalized spacial score (nSPS) is 13.3. The Labute approximate surface area is 115 Å². The first kappa shape index (κ1) is 13.8. The van der Waals surface area contributed by atoms with Crippen molar-refractivity contribution in [3.63, 3.8) is 0 Å². The molecule has 2 aromatic rings. The molecule has 0 amide bonds. The Kier molecular flexibility index (Phi) is 3.75. The summed E-state index contributed by atoms with van der Waals surface area (Å²) < 4.78 is 14.3. The Morgan fingerprint density at radius 2 is 1.58 bits per heavy atom. The van der Waals surface area contributed by atoms with Gasteiger partial charge in [0.25, 0.3) is 0 Å². The standard InChI is InChI=1S/C18H21F/c1-13(18(2,3)4)15-10-11-16(17(19)12-15)14-8-6-5-7-9-14/h5-13H,1-4H3. The van der Waals surface area contributed by atoms with Crippen molar-refractivity contribution in [2.75, 3.05) is 0 Å². The van der Waals surface area contributed by atoms with Gasteiger partial charge in [-0.3, -0.25) is 0 Å². The van der Waals surface area contributed by atoms with Gasteiger partial charge in [-0.15, -0.1) is 0 Å². The van der Waals surface area contributed by atoms with Crippen LogP contribution < -0.4 is 0 Å². The van der Waals surface area contributed by atoms with E-state index in [0.717, 1.165) is 11.1 Å². The van der Waals surface area contributed by atoms with Crippen LogP contribution in [0.25, 0.3) is 11.1 Å². The van der Waals surface area contributed by atoms with Gasteiger partial charge in [-0.1, -0.05) is 70.2 Å². The lowest BCUT2D eigenvalue weighted by Crippen LogP contribution is -2.15. The van der Waals surface area contributed by atoms with Gasteiger partial charge in [-0.05, 0) is 28.5 Å². The zero-order valence-corrected chi connectivity index (χ0v) is 12.1. The Hall–Kier alpha value is -1.63. The zero-order valence-electron chi connectivity index (χ0n) is 12.1. The van der Waals surface area contributed by atoms with E-state index in [9.17, 15) is 4.39 Å². The molecule has 0 spiro atoms. The van der Waals surface area contributed by atoms with Crippen molar-refractivity contribution in [1.82, 2.24) is 0 Å². The lowest BCUT2D eigenvalue weighted by Gasteiger charge is -2.27. The van der Waals surface area contributed by atoms with E-state index in [0.29, 0.717) is 11.5 Å². The smallest absolute Gasteiger partial charge is 0.131 e. The molecule has 1 unspecified atom stereocenters. The van der Waals surface area contributed by atoms with E-state index in [-0.39, 0.29) is 11.2 Å². The second-order valence-electron chi connectivity index (χ2n) is 6.19. The van der Waals surface area contributed by atoms with Gasteiger partial charge in [-0.2, -0.15) is 0 Å². The number of benzene rings is 2. The highest BCUT2D eigenvalue weighted by atomic mass is 19.1. The topological polar surface area (TPSA) is 0 Å². The van der Waals surface area contributed by atoms with E-state index in [2.05, 4.69) is 27.7 Å². The third-order valence-electron chi connectivity index (χ3n) is 3.88. The van der Waals surface area contributed by atoms with Crippen LogP contribution in [0.4, 0.5) is 4.39 Å². The predicted octanol–water partition coefficient (Wildman–Crippen LogP) is 5.64. The SMILES string of the molecule is CC(c1ccc(-c2ccccc2)c(F)c1)C(C)(C)C. The summed E-state index contributed by atoms with van der Waals surface area (Å²) in [5.41, 5.74) is 2.80. The molecule has 0 aliphatic heterocycles. The minimum atomic E-state index is -0.139. The van der Waals surface area contributed by atoms with Crippen molar-refractivity contribution in [2.45, 2.75) is 33.6 Å². The van der Waals surface area contributed by atoms with Gasteiger partial charge in [0, 0.05) is 5.56 Å². The van der Waals surface area contributed by atoms with Crippen molar-refractivity contribution in [1.29, 1.82) is 0 Å². The lowest BCUT2D eigenvalue weighted by atomic mass is 9.77. The summed E-state index contributed by atoms with van der Waals surface area (Å²) in [6, 6.07) is 15.3. The average Bonchev–Trinajstić information content (AvgIpc) is 2.37. The Balaban J connectivity index is 2.38. The number of rotatable bonds is 2. The number of hydrogen-bond donors (Lipinski definition) is 0. The summed E-state index contributed by atoms with van der Waals surface area (Å²) >= 11 is 0. The molecule has 0 radical (unpaired) electrons. The quantitative estimate of drug-likeness (QED) is 0.652. The Morgan fingerprint density at radius 1 is 0.947 bits per heavy atom. The number of halogens is 1. The maximum atomic E-state index is 14.3. The molecule has 0 heterocycles. The summed E-state index contributed by atoms with van der Waals surface area (Å²) in [7, 11) is 0. The minimum Gasteiger partial charge on any atom is -0.206 e. The van der Waals surface area contributed by atoms with E-state index in [4.69, 9.17) is 0 Å². The molecule has 0 saturated carbocycles. The van der Waals surface area contributed by atoms with E-state index in [1.165, 1.54) is 0 Å². The molecule has 2 aromatic carbocycles. The monoisotopic (exact) mass is 256 g/mol. The van der Waals surface area contributed by atoms with Gasteiger partial charge in [-0.25, -0.2) is 4.39 Å². The molecule has 0 saturated heterocycles. The summed E-state index contributed by atoms with van der Waals surface area (Å²) in [4.78, 5) is 0. The van der Waals surface area contributed by atoms with E-state index >= 15 is 0 Å². The molecular weight excluding hydrogens is 235 g/mol. The number of hydrogen-bond acceptors (Lipinski definition) is 0. The minimum absolute atomic E-state index is 0.139. The fraction of sp³-hybridized carbons (Fsp3) is 0.333. The second kappa shape index (κ2) is 5.16. The van der Waals surface area contributed by atoms with Crippen LogP contribution >= 0.6 is 0 Å². The van der Waals surface area contributed by atoms with Crippen molar-refractivity contribution in [3.8, 4) is 11.1 Å². The van der Waals surface area contributed by atoms with Crippen molar-refractivity contribution in [2.24, 2.45) is 5.41 Å². The average molecular weight is 256 g/mol. The van der Waals surface area contributed by atoms with Gasteiger partial charge >= 0.3 is 0 Å². The van der Waals surface area contributed by atoms with Crippen molar-refractivity contribution in [3.05, 3.63) is 59.9 Å². The molecule has 1 atom stereocenters. The summed E-state index contributed by atoms with van der Waals surface area (Å²) in [6.45, 7) is 8.69. The molecule has 19 heavy (non-hydrogen) atoms. The maximum absolute atomic E-state index is 14.3. The Bertz CT molecular complexity index is 550. The molecule has 0 aromatic heterocycles. The largest absolute Gasteiger partial charge is 0.206 e. The molecule has 0 aliphatic carbocycles. The van der Waals surface area contributed by atoms with Crippen LogP contribution in [0, 0.1) is 11.2 Å². The second-order valence-corrected chi connectivity index (χ2v) is 6.19. The molecule has 0 N–H and O–H groups in total. The molecule has 1 heteroatoms. The highest BCUT2D eigenvalue weighted by molar-refractivity contribution is 5.64. The fourth-order valence-corrected chi connectivity index (χ4v) is 2.15. The third kappa shape index (κ3) is 3.04. The molecule has 0 bridgehead atoms. The van der Waals surface area contributed by atoms with Crippen LogP contribution in [0.1, 0.15) is 39.2 Å². The Morgan fingerprint density at radius 3 is 2.11 bits per heavy atom. The van der Waals surface area contributed by atoms with Gasteiger partial charge in [0.15, 0.2) is 0 Å². The third-order valence-corrected chi connectivity index (χ3v) is 3.88. The van der Waals surface area contributed by atoms with E-state index < -0.39 is 0 Å². The summed E-state index contributed by atoms with van der Waals surface area (Å²) in [6.07, 6.45) is 0. The van der Waals surface area contributed by atoms with Crippen LogP contribution in [-0.2, 0) is 0 Å². The van der Waals surface area contributed by atoms with Crippen LogP contribution in [0.5, 0.6) is 0 Å². The molecule has 2 rings (SSSR count). The molecule has 100 valence electrons. The zero-order chi connectivity index (χ0) is 14.0. The molecular formula is C18H21F. The summed E-state index contributed by atoms with van der Waals surface area (Å²) in [5.74, 6) is 0.187. The maximum Gasteiger partial charge on any atom is 0.131 e. The van der Waals surface area contributed by atoms with Gasteiger partial charge in [0.1, 0.15) is 5.82 Å². The van der Waals surface area contributed by atoms with E-state index in [1.54, 1.807) is 6.07 Å². The van der Waals surface area contributed by atoms with Crippen LogP contribution in [0.2, 0.25) is 0 Å². The van der Waals surface area contributed by atoms with Crippen LogP contribution in [0.15, 0.2) is 48.5 Å². The first-order chi connectivity index (χ1) is 8.89. The predicted molar refractivity (Wildman–Crippen MR) is 79.7 cm³/mol. The fourth-order valence-electron chi connectivity index (χ4n) is 2.15. The van der Waals surface area contributed by atoms with Gasteiger partial charge in [0.2, 0.25) is 0 Å². The lowest BCUT2D eigenvalue weighted by molar-refractivity contribution is 0.339. The van der Waals surface area contributed by atoms with Crippen molar-refractivity contribution < 1.29 is 4.39 Å². The molecule has 0 nitrogen and oxygen atoms in total. The first-order valence-electron chi connectivity index (χ1n) is 6.74. The summed E-state index contributed by atoms with van der Waals surface area (Å²) in [5, 5.41) is 0. The highest BCUT2D eigenvalue weighted by Gasteiger charge is 2.22. The van der Waals surface area contributed by atoms with Crippen molar-refractivity contribution >= 4 is 0 Å². The van der Waals surface area contributed by atoms with E-state index in [1.807, 2.05) is 42.5 Å². The van der Waals surface area contributed by atoms with Crippen LogP contribution in [-0.4, -0.2) is 0 Å². The van der Waals surface area contributed by atoms with Gasteiger partial charge < -0.3 is 0 Å². The van der Waals surface area contributed by atoms with Crippen LogP contribution in [0.3, 0.4) is 0 Å². The molecule has 0 fully saturated rings. The van der Waals surface area contributed by atoms with Gasteiger partial charge in [0.05, 0.1) is 0 Å². The highest BCUT2D eigenvalue weighted by Crippen LogP contribution is 2.36. The first-order valence-corrected chi connectivity index (χ1v) is 6.74.